The molecule has 0 spiro atoms. The van der Waals surface area contributed by atoms with Crippen LogP contribution in [0.5, 0.6) is 0 Å². The zero-order chi connectivity index (χ0) is 10.5. The molecule has 1 unspecified atom stereocenters. The average molecular weight is 207 g/mol. The monoisotopic (exact) mass is 207 g/mol. The van der Waals surface area contributed by atoms with Gasteiger partial charge in [-0.1, -0.05) is 30.3 Å². The maximum atomic E-state index is 5.94. The predicted octanol–water partition coefficient (Wildman–Crippen LogP) is 1.32. The molecule has 1 heterocycles. The molecular weight excluding hydrogens is 190 g/mol. The Labute approximate surface area is 90.2 Å². The second kappa shape index (κ2) is 5.26. The molecule has 1 aromatic rings. The second-order valence-corrected chi connectivity index (χ2v) is 3.86. The molecule has 0 aliphatic carbocycles. The molecule has 2 rings (SSSR count). The van der Waals surface area contributed by atoms with Crippen molar-refractivity contribution >= 4 is 0 Å². The smallest absolute Gasteiger partial charge is 0.0964 e. The van der Waals surface area contributed by atoms with E-state index in [0.717, 1.165) is 13.0 Å². The highest BCUT2D eigenvalue weighted by Gasteiger charge is 2.22. The molecule has 0 aromatic heterocycles. The van der Waals surface area contributed by atoms with Gasteiger partial charge in [0.1, 0.15) is 0 Å². The number of ether oxygens (including phenoxy) is 2. The van der Waals surface area contributed by atoms with Gasteiger partial charge in [-0.05, 0) is 12.0 Å². The first kappa shape index (κ1) is 10.6. The van der Waals surface area contributed by atoms with Crippen molar-refractivity contribution in [1.29, 1.82) is 0 Å². The molecule has 15 heavy (non-hydrogen) atoms. The molecule has 0 radical (unpaired) electrons. The molecule has 82 valence electrons. The van der Waals surface area contributed by atoms with Gasteiger partial charge < -0.3 is 15.2 Å². The maximum absolute atomic E-state index is 5.94. The number of benzene rings is 1. The zero-order valence-corrected chi connectivity index (χ0v) is 8.76. The summed E-state index contributed by atoms with van der Waals surface area (Å²) in [6.45, 7) is 1.99. The molecule has 2 N–H and O–H groups in total. The van der Waals surface area contributed by atoms with Gasteiger partial charge >= 0.3 is 0 Å². The molecule has 0 saturated carbocycles. The molecule has 0 amide bonds. The Morgan fingerprint density at radius 2 is 2.13 bits per heavy atom. The number of hydrogen-bond donors (Lipinski definition) is 1. The fourth-order valence-corrected chi connectivity index (χ4v) is 1.68. The van der Waals surface area contributed by atoms with Crippen molar-refractivity contribution < 1.29 is 9.47 Å². The van der Waals surface area contributed by atoms with E-state index in [4.69, 9.17) is 15.2 Å². The standard InChI is InChI=1S/C12H17NO2/c13-11-6-7-14-9-12(11)15-8-10-4-2-1-3-5-10/h1-5,11-12H,6-9,13H2/t11?,12-/m1/s1. The summed E-state index contributed by atoms with van der Waals surface area (Å²) in [6, 6.07) is 10.2. The molecule has 0 bridgehead atoms. The van der Waals surface area contributed by atoms with Crippen LogP contribution in [0.25, 0.3) is 0 Å². The van der Waals surface area contributed by atoms with Crippen LogP contribution >= 0.6 is 0 Å². The van der Waals surface area contributed by atoms with E-state index in [2.05, 4.69) is 12.1 Å². The van der Waals surface area contributed by atoms with E-state index in [9.17, 15) is 0 Å². The van der Waals surface area contributed by atoms with Gasteiger partial charge in [0, 0.05) is 12.6 Å². The minimum absolute atomic E-state index is 0.0407. The van der Waals surface area contributed by atoms with E-state index in [-0.39, 0.29) is 12.1 Å². The van der Waals surface area contributed by atoms with Crippen LogP contribution in [0, 0.1) is 0 Å². The largest absolute Gasteiger partial charge is 0.379 e. The third kappa shape index (κ3) is 3.02. The molecule has 1 fully saturated rings. The minimum atomic E-state index is 0.0407. The van der Waals surface area contributed by atoms with Crippen molar-refractivity contribution in [3.63, 3.8) is 0 Å². The van der Waals surface area contributed by atoms with Crippen molar-refractivity contribution in [3.8, 4) is 0 Å². The SMILES string of the molecule is NC1CCOC[C@H]1OCc1ccccc1. The molecule has 3 heteroatoms. The van der Waals surface area contributed by atoms with Crippen LogP contribution in [0.3, 0.4) is 0 Å². The Morgan fingerprint density at radius 3 is 2.87 bits per heavy atom. The quantitative estimate of drug-likeness (QED) is 0.813. The maximum Gasteiger partial charge on any atom is 0.0964 e. The summed E-state index contributed by atoms with van der Waals surface area (Å²) >= 11 is 0. The van der Waals surface area contributed by atoms with Gasteiger partial charge in [-0.2, -0.15) is 0 Å². The Hall–Kier alpha value is -0.900. The molecule has 1 aliphatic rings. The highest BCUT2D eigenvalue weighted by atomic mass is 16.5. The van der Waals surface area contributed by atoms with Crippen molar-refractivity contribution in [2.24, 2.45) is 5.73 Å². The molecular formula is C12H17NO2. The van der Waals surface area contributed by atoms with Crippen molar-refractivity contribution in [3.05, 3.63) is 35.9 Å². The van der Waals surface area contributed by atoms with Crippen molar-refractivity contribution in [2.75, 3.05) is 13.2 Å². The number of hydrogen-bond acceptors (Lipinski definition) is 3. The van der Waals surface area contributed by atoms with Gasteiger partial charge in [0.15, 0.2) is 0 Å². The van der Waals surface area contributed by atoms with Crippen LogP contribution in [0.1, 0.15) is 12.0 Å². The Balaban J connectivity index is 1.82. The highest BCUT2D eigenvalue weighted by Crippen LogP contribution is 2.11. The Kier molecular flexibility index (Phi) is 3.72. The van der Waals surface area contributed by atoms with Crippen LogP contribution in [-0.4, -0.2) is 25.4 Å². The summed E-state index contributed by atoms with van der Waals surface area (Å²) in [5, 5.41) is 0. The third-order valence-electron chi connectivity index (χ3n) is 2.66. The van der Waals surface area contributed by atoms with E-state index in [1.165, 1.54) is 5.56 Å². The molecule has 1 saturated heterocycles. The third-order valence-corrected chi connectivity index (χ3v) is 2.66. The molecule has 2 atom stereocenters. The van der Waals surface area contributed by atoms with E-state index < -0.39 is 0 Å². The van der Waals surface area contributed by atoms with E-state index in [0.29, 0.717) is 13.2 Å². The summed E-state index contributed by atoms with van der Waals surface area (Å²) in [6.07, 6.45) is 0.929. The minimum Gasteiger partial charge on any atom is -0.379 e. The summed E-state index contributed by atoms with van der Waals surface area (Å²) in [4.78, 5) is 0. The fourth-order valence-electron chi connectivity index (χ4n) is 1.68. The van der Waals surface area contributed by atoms with Crippen LogP contribution in [0.4, 0.5) is 0 Å². The van der Waals surface area contributed by atoms with Crippen LogP contribution in [-0.2, 0) is 16.1 Å². The Bertz CT molecular complexity index is 289. The fraction of sp³-hybridized carbons (Fsp3) is 0.500. The first-order valence-electron chi connectivity index (χ1n) is 5.35. The highest BCUT2D eigenvalue weighted by molar-refractivity contribution is 5.13. The first-order valence-corrected chi connectivity index (χ1v) is 5.35. The summed E-state index contributed by atoms with van der Waals surface area (Å²) in [7, 11) is 0. The topological polar surface area (TPSA) is 44.5 Å². The first-order chi connectivity index (χ1) is 7.36. The van der Waals surface area contributed by atoms with Gasteiger partial charge in [-0.15, -0.1) is 0 Å². The normalized spacial score (nSPS) is 26.5. The zero-order valence-electron chi connectivity index (χ0n) is 8.76. The van der Waals surface area contributed by atoms with E-state index in [1.807, 2.05) is 18.2 Å². The van der Waals surface area contributed by atoms with Gasteiger partial charge in [-0.3, -0.25) is 0 Å². The predicted molar refractivity (Wildman–Crippen MR) is 58.4 cm³/mol. The van der Waals surface area contributed by atoms with E-state index >= 15 is 0 Å². The van der Waals surface area contributed by atoms with Crippen LogP contribution in [0.15, 0.2) is 30.3 Å². The molecule has 1 aliphatic heterocycles. The average Bonchev–Trinajstić information content (AvgIpc) is 2.29. The number of rotatable bonds is 3. The van der Waals surface area contributed by atoms with Gasteiger partial charge in [0.25, 0.3) is 0 Å². The van der Waals surface area contributed by atoms with Gasteiger partial charge in [-0.25, -0.2) is 0 Å². The van der Waals surface area contributed by atoms with Gasteiger partial charge in [0.2, 0.25) is 0 Å². The lowest BCUT2D eigenvalue weighted by Crippen LogP contribution is -2.44. The summed E-state index contributed by atoms with van der Waals surface area (Å²) < 4.78 is 11.1. The molecule has 1 aromatic carbocycles. The summed E-state index contributed by atoms with van der Waals surface area (Å²) in [5.41, 5.74) is 7.11. The summed E-state index contributed by atoms with van der Waals surface area (Å²) in [5.74, 6) is 0. The Morgan fingerprint density at radius 1 is 1.33 bits per heavy atom. The van der Waals surface area contributed by atoms with Crippen molar-refractivity contribution in [1.82, 2.24) is 0 Å². The number of nitrogens with two attached hydrogens (primary N) is 1. The lowest BCUT2D eigenvalue weighted by atomic mass is 10.1. The van der Waals surface area contributed by atoms with Crippen LogP contribution in [0.2, 0.25) is 0 Å². The molecule has 3 nitrogen and oxygen atoms in total. The van der Waals surface area contributed by atoms with E-state index in [1.54, 1.807) is 0 Å². The van der Waals surface area contributed by atoms with Crippen LogP contribution < -0.4 is 5.73 Å². The van der Waals surface area contributed by atoms with Gasteiger partial charge in [0.05, 0.1) is 19.3 Å². The van der Waals surface area contributed by atoms with Crippen molar-refractivity contribution in [2.45, 2.75) is 25.2 Å². The lowest BCUT2D eigenvalue weighted by Gasteiger charge is -2.28. The second-order valence-electron chi connectivity index (χ2n) is 3.86. The lowest BCUT2D eigenvalue weighted by molar-refractivity contribution is -0.0678.